The number of sulfonamides is 1. The summed E-state index contributed by atoms with van der Waals surface area (Å²) >= 11 is 0. The number of carbonyl (C=O) groups is 1. The smallest absolute Gasteiger partial charge is 0.346 e. The number of nitrogens with zero attached hydrogens (tertiary/aromatic N) is 1. The molecule has 1 aliphatic heterocycles. The predicted octanol–water partition coefficient (Wildman–Crippen LogP) is 1.83. The third-order valence-electron chi connectivity index (χ3n) is 4.42. The molecule has 2 aromatic carbocycles. The van der Waals surface area contributed by atoms with E-state index in [1.54, 1.807) is 12.1 Å². The Morgan fingerprint density at radius 3 is 2.29 bits per heavy atom. The maximum Gasteiger partial charge on any atom is 0.346 e. The van der Waals surface area contributed by atoms with E-state index in [2.05, 4.69) is 0 Å². The Balaban J connectivity index is 2.18. The van der Waals surface area contributed by atoms with Gasteiger partial charge in [0.25, 0.3) is 10.0 Å². The predicted molar refractivity (Wildman–Crippen MR) is 102 cm³/mol. The minimum Gasteiger partial charge on any atom is -0.478 e. The summed E-state index contributed by atoms with van der Waals surface area (Å²) in [7, 11) is -7.73. The first-order valence-electron chi connectivity index (χ1n) is 8.42. The highest BCUT2D eigenvalue weighted by Crippen LogP contribution is 2.38. The summed E-state index contributed by atoms with van der Waals surface area (Å²) in [5.74, 6) is -1.49. The number of ether oxygens (including phenoxy) is 1. The third kappa shape index (κ3) is 3.57. The molecular weight excluding hydrogens is 406 g/mol. The summed E-state index contributed by atoms with van der Waals surface area (Å²) in [6, 6.07) is 9.85. The monoisotopic (exact) mass is 425 g/mol. The van der Waals surface area contributed by atoms with E-state index in [1.807, 2.05) is 6.92 Å². The molecule has 8 nitrogen and oxygen atoms in total. The number of fused-ring (bicyclic) bond motifs is 1. The van der Waals surface area contributed by atoms with Gasteiger partial charge in [-0.25, -0.2) is 21.6 Å². The summed E-state index contributed by atoms with van der Waals surface area (Å²) in [6.07, 6.45) is -1.42. The summed E-state index contributed by atoms with van der Waals surface area (Å²) in [4.78, 5) is 11.4. The molecule has 0 saturated heterocycles. The van der Waals surface area contributed by atoms with Crippen molar-refractivity contribution in [3.8, 4) is 5.75 Å². The number of benzene rings is 2. The molecule has 0 amide bonds. The second-order valence-corrected chi connectivity index (χ2v) is 10.5. The van der Waals surface area contributed by atoms with E-state index in [-0.39, 0.29) is 27.0 Å². The molecule has 0 fully saturated rings. The van der Waals surface area contributed by atoms with E-state index in [0.29, 0.717) is 0 Å². The number of carboxylic acids is 1. The van der Waals surface area contributed by atoms with Gasteiger partial charge in [-0.15, -0.1) is 0 Å². The molecule has 150 valence electrons. The van der Waals surface area contributed by atoms with Crippen molar-refractivity contribution in [2.75, 3.05) is 16.6 Å². The van der Waals surface area contributed by atoms with Gasteiger partial charge in [0.1, 0.15) is 5.75 Å². The zero-order valence-electron chi connectivity index (χ0n) is 15.2. The van der Waals surface area contributed by atoms with Crippen molar-refractivity contribution < 1.29 is 31.5 Å². The van der Waals surface area contributed by atoms with Crippen LogP contribution >= 0.6 is 0 Å². The minimum absolute atomic E-state index is 0.00685. The van der Waals surface area contributed by atoms with E-state index in [9.17, 15) is 26.7 Å². The van der Waals surface area contributed by atoms with Crippen LogP contribution in [-0.2, 0) is 24.7 Å². The highest BCUT2D eigenvalue weighted by Gasteiger charge is 2.38. The van der Waals surface area contributed by atoms with Gasteiger partial charge in [-0.3, -0.25) is 4.31 Å². The summed E-state index contributed by atoms with van der Waals surface area (Å²) in [5.41, 5.74) is 0.855. The van der Waals surface area contributed by atoms with Crippen LogP contribution in [0.25, 0.3) is 0 Å². The molecule has 1 atom stereocenters. The highest BCUT2D eigenvalue weighted by atomic mass is 32.2. The van der Waals surface area contributed by atoms with Crippen LogP contribution in [0.5, 0.6) is 5.75 Å². The van der Waals surface area contributed by atoms with Crippen LogP contribution in [0, 0.1) is 6.92 Å². The number of anilines is 1. The maximum absolute atomic E-state index is 13.2. The van der Waals surface area contributed by atoms with Crippen LogP contribution in [0.1, 0.15) is 12.5 Å². The maximum atomic E-state index is 13.2. The number of carboxylic acid groups (broad SMARTS) is 1. The Morgan fingerprint density at radius 2 is 1.71 bits per heavy atom. The van der Waals surface area contributed by atoms with Crippen molar-refractivity contribution >= 4 is 31.5 Å². The van der Waals surface area contributed by atoms with Gasteiger partial charge in [0.05, 0.1) is 27.8 Å². The lowest BCUT2D eigenvalue weighted by atomic mass is 10.2. The van der Waals surface area contributed by atoms with Crippen LogP contribution < -0.4 is 9.04 Å². The van der Waals surface area contributed by atoms with E-state index in [1.165, 1.54) is 37.3 Å². The molecule has 1 aliphatic rings. The first-order chi connectivity index (χ1) is 13.1. The van der Waals surface area contributed by atoms with Crippen LogP contribution in [0.15, 0.2) is 52.3 Å². The van der Waals surface area contributed by atoms with Crippen molar-refractivity contribution in [2.24, 2.45) is 0 Å². The second kappa shape index (κ2) is 7.10. The lowest BCUT2D eigenvalue weighted by Crippen LogP contribution is -2.47. The number of hydrogen-bond acceptors (Lipinski definition) is 6. The average molecular weight is 425 g/mol. The molecule has 0 bridgehead atoms. The van der Waals surface area contributed by atoms with Crippen molar-refractivity contribution in [3.63, 3.8) is 0 Å². The Bertz CT molecular complexity index is 1120. The van der Waals surface area contributed by atoms with Crippen LogP contribution in [0.3, 0.4) is 0 Å². The fourth-order valence-electron chi connectivity index (χ4n) is 2.78. The Labute approximate surface area is 163 Å². The van der Waals surface area contributed by atoms with E-state index in [0.717, 1.165) is 9.87 Å². The summed E-state index contributed by atoms with van der Waals surface area (Å²) in [6.45, 7) is 2.81. The van der Waals surface area contributed by atoms with Gasteiger partial charge in [0.2, 0.25) is 6.10 Å². The molecule has 0 unspecified atom stereocenters. The molecule has 1 heterocycles. The molecule has 0 aromatic heterocycles. The zero-order valence-corrected chi connectivity index (χ0v) is 16.8. The van der Waals surface area contributed by atoms with Crippen LogP contribution in [-0.4, -0.2) is 46.3 Å². The molecule has 0 saturated carbocycles. The lowest BCUT2D eigenvalue weighted by Gasteiger charge is -2.34. The van der Waals surface area contributed by atoms with Crippen molar-refractivity contribution in [1.29, 1.82) is 0 Å². The number of aryl methyl sites for hydroxylation is 1. The lowest BCUT2D eigenvalue weighted by molar-refractivity contribution is -0.144. The zero-order chi connectivity index (χ0) is 20.7. The summed E-state index contributed by atoms with van der Waals surface area (Å²) < 4.78 is 57.1. The quantitative estimate of drug-likeness (QED) is 0.776. The van der Waals surface area contributed by atoms with Crippen molar-refractivity contribution in [2.45, 2.75) is 29.7 Å². The summed E-state index contributed by atoms with van der Waals surface area (Å²) in [5, 5.41) is 9.33. The fourth-order valence-corrected chi connectivity index (χ4v) is 5.15. The Hall–Kier alpha value is -2.59. The molecule has 0 spiro atoms. The van der Waals surface area contributed by atoms with Gasteiger partial charge >= 0.3 is 5.97 Å². The molecular formula is C18H19NO7S2. The molecule has 0 radical (unpaired) electrons. The topological polar surface area (TPSA) is 118 Å². The third-order valence-corrected chi connectivity index (χ3v) is 7.95. The Kier molecular flexibility index (Phi) is 5.11. The van der Waals surface area contributed by atoms with Crippen molar-refractivity contribution in [1.82, 2.24) is 0 Å². The number of hydrogen-bond donors (Lipinski definition) is 1. The Morgan fingerprint density at radius 1 is 1.11 bits per heavy atom. The van der Waals surface area contributed by atoms with E-state index in [4.69, 9.17) is 4.74 Å². The SMILES string of the molecule is CCS(=O)(=O)c1ccc2c(c1)N(S(=O)(=O)c1ccc(C)cc1)C[C@@H](C(=O)O)O2. The first-order valence-corrected chi connectivity index (χ1v) is 11.5. The van der Waals surface area contributed by atoms with Crippen LogP contribution in [0.2, 0.25) is 0 Å². The van der Waals surface area contributed by atoms with E-state index < -0.39 is 38.5 Å². The molecule has 3 rings (SSSR count). The second-order valence-electron chi connectivity index (χ2n) is 6.33. The van der Waals surface area contributed by atoms with Gasteiger partial charge < -0.3 is 9.84 Å². The number of rotatable bonds is 5. The van der Waals surface area contributed by atoms with Gasteiger partial charge in [-0.2, -0.15) is 0 Å². The molecule has 0 aliphatic carbocycles. The van der Waals surface area contributed by atoms with Gasteiger partial charge in [0.15, 0.2) is 9.84 Å². The molecule has 28 heavy (non-hydrogen) atoms. The largest absolute Gasteiger partial charge is 0.478 e. The number of sulfone groups is 1. The first kappa shape index (κ1) is 20.2. The van der Waals surface area contributed by atoms with Crippen molar-refractivity contribution in [3.05, 3.63) is 48.0 Å². The molecule has 2 aromatic rings. The molecule has 10 heteroatoms. The van der Waals surface area contributed by atoms with Crippen LogP contribution in [0.4, 0.5) is 5.69 Å². The minimum atomic E-state index is -4.13. The van der Waals surface area contributed by atoms with Gasteiger partial charge in [-0.1, -0.05) is 24.6 Å². The van der Waals surface area contributed by atoms with Gasteiger partial charge in [0, 0.05) is 0 Å². The highest BCUT2D eigenvalue weighted by molar-refractivity contribution is 7.93. The van der Waals surface area contributed by atoms with Gasteiger partial charge in [-0.05, 0) is 37.3 Å². The fraction of sp³-hybridized carbons (Fsp3) is 0.278. The van der Waals surface area contributed by atoms with E-state index >= 15 is 0 Å². The average Bonchev–Trinajstić information content (AvgIpc) is 2.66. The molecule has 1 N–H and O–H groups in total. The standard InChI is InChI=1S/C18H19NO7S2/c1-3-27(22,23)14-8-9-16-15(10-14)19(11-17(26-16)18(20)21)28(24,25)13-6-4-12(2)5-7-13/h4-10,17H,3,11H2,1-2H3,(H,20,21)/t17-/m0/s1. The normalized spacial score (nSPS) is 16.9. The number of aliphatic carboxylic acids is 1.